The van der Waals surface area contributed by atoms with Crippen LogP contribution in [0.5, 0.6) is 0 Å². The van der Waals surface area contributed by atoms with E-state index in [2.05, 4.69) is 54.1 Å². The molecule has 27 heavy (non-hydrogen) atoms. The van der Waals surface area contributed by atoms with Crippen molar-refractivity contribution in [3.63, 3.8) is 0 Å². The Morgan fingerprint density at radius 2 is 2.19 bits per heavy atom. The van der Waals surface area contributed by atoms with Crippen LogP contribution >= 0.6 is 0 Å². The van der Waals surface area contributed by atoms with E-state index >= 15 is 0 Å². The maximum absolute atomic E-state index is 13.6. The standard InChI is InChI=1S/C22H26N2O3/c1-4-14-12-24-10-9-21-15-7-5-6-8-17(15)23(2)22(21)18(24)11-16(14)20(21,13-27-22)19(25)26-3/h4-8,16,18H,9-13H2,1-3H3/b14-4-/t16?,18-,20-,21?,22+/m0/s1. The van der Waals surface area contributed by atoms with E-state index in [0.717, 1.165) is 25.9 Å². The van der Waals surface area contributed by atoms with E-state index in [9.17, 15) is 4.79 Å². The summed E-state index contributed by atoms with van der Waals surface area (Å²) in [5.41, 5.74) is 2.40. The molecule has 4 heterocycles. The van der Waals surface area contributed by atoms with Crippen LogP contribution in [0, 0.1) is 11.3 Å². The fourth-order valence-electron chi connectivity index (χ4n) is 7.75. The zero-order chi connectivity index (χ0) is 18.6. The van der Waals surface area contributed by atoms with Gasteiger partial charge in [0.25, 0.3) is 0 Å². The molecular weight excluding hydrogens is 340 g/mol. The predicted molar refractivity (Wildman–Crippen MR) is 101 cm³/mol. The fraction of sp³-hybridized carbons (Fsp3) is 0.591. The van der Waals surface area contributed by atoms with Gasteiger partial charge >= 0.3 is 5.97 Å². The summed E-state index contributed by atoms with van der Waals surface area (Å²) >= 11 is 0. The molecule has 6 rings (SSSR count). The Kier molecular flexibility index (Phi) is 2.84. The zero-order valence-electron chi connectivity index (χ0n) is 16.2. The number of hydrogen-bond donors (Lipinski definition) is 0. The lowest BCUT2D eigenvalue weighted by molar-refractivity contribution is -0.183. The molecule has 5 nitrogen and oxygen atoms in total. The third-order valence-corrected chi connectivity index (χ3v) is 8.59. The Hall–Kier alpha value is -1.85. The first kappa shape index (κ1) is 16.1. The maximum atomic E-state index is 13.6. The number of para-hydroxylation sites is 1. The first-order valence-electron chi connectivity index (χ1n) is 10.0. The SMILES string of the molecule is C/C=C1/CN2CCC34c5ccccc5N(C)[C@]35OC[C@@]4(C(=O)OC)C1C[C@H]25. The van der Waals surface area contributed by atoms with Crippen LogP contribution in [0.1, 0.15) is 25.3 Å². The molecule has 142 valence electrons. The van der Waals surface area contributed by atoms with Crippen LogP contribution in [0.15, 0.2) is 35.9 Å². The number of nitrogens with zero attached hydrogens (tertiary/aromatic N) is 2. The molecular formula is C22H26N2O3. The van der Waals surface area contributed by atoms with Crippen molar-refractivity contribution < 1.29 is 14.3 Å². The molecule has 0 radical (unpaired) electrons. The van der Waals surface area contributed by atoms with Crippen molar-refractivity contribution in [2.24, 2.45) is 11.3 Å². The normalized spacial score (nSPS) is 45.1. The van der Waals surface area contributed by atoms with Gasteiger partial charge < -0.3 is 14.4 Å². The molecule has 1 aromatic rings. The second kappa shape index (κ2) is 4.76. The number of methoxy groups -OCH3 is 1. The lowest BCUT2D eigenvalue weighted by atomic mass is 9.43. The molecule has 2 unspecified atom stereocenters. The molecule has 1 aromatic carbocycles. The quantitative estimate of drug-likeness (QED) is 0.564. The van der Waals surface area contributed by atoms with E-state index < -0.39 is 11.1 Å². The number of rotatable bonds is 1. The van der Waals surface area contributed by atoms with Crippen molar-refractivity contribution in [2.75, 3.05) is 38.8 Å². The van der Waals surface area contributed by atoms with Crippen LogP contribution in [0.2, 0.25) is 0 Å². The summed E-state index contributed by atoms with van der Waals surface area (Å²) in [5.74, 6) is 0.0966. The van der Waals surface area contributed by atoms with Gasteiger partial charge in [0.1, 0.15) is 5.41 Å². The number of benzene rings is 1. The van der Waals surface area contributed by atoms with E-state index in [1.807, 2.05) is 0 Å². The van der Waals surface area contributed by atoms with Crippen molar-refractivity contribution in [2.45, 2.75) is 36.9 Å². The van der Waals surface area contributed by atoms with Gasteiger partial charge in [-0.15, -0.1) is 0 Å². The third-order valence-electron chi connectivity index (χ3n) is 8.59. The minimum Gasteiger partial charge on any atom is -0.468 e. The van der Waals surface area contributed by atoms with Crippen LogP contribution < -0.4 is 4.90 Å². The summed E-state index contributed by atoms with van der Waals surface area (Å²) in [6, 6.07) is 8.92. The van der Waals surface area contributed by atoms with Crippen molar-refractivity contribution in [1.29, 1.82) is 0 Å². The van der Waals surface area contributed by atoms with Crippen LogP contribution in [0.25, 0.3) is 0 Å². The summed E-state index contributed by atoms with van der Waals surface area (Å²) in [7, 11) is 3.70. The Balaban J connectivity index is 1.75. The fourth-order valence-corrected chi connectivity index (χ4v) is 7.75. The van der Waals surface area contributed by atoms with Crippen LogP contribution in [-0.4, -0.2) is 56.5 Å². The van der Waals surface area contributed by atoms with Gasteiger partial charge in [-0.05, 0) is 31.4 Å². The molecule has 5 atom stereocenters. The molecule has 0 amide bonds. The highest BCUT2D eigenvalue weighted by atomic mass is 16.6. The molecule has 0 N–H and O–H groups in total. The van der Waals surface area contributed by atoms with Crippen LogP contribution in [0.4, 0.5) is 5.69 Å². The molecule has 4 fully saturated rings. The smallest absolute Gasteiger partial charge is 0.315 e. The van der Waals surface area contributed by atoms with Crippen molar-refractivity contribution in [3.8, 4) is 0 Å². The number of anilines is 1. The summed E-state index contributed by atoms with van der Waals surface area (Å²) < 4.78 is 12.3. The van der Waals surface area contributed by atoms with Crippen LogP contribution in [-0.2, 0) is 19.7 Å². The maximum Gasteiger partial charge on any atom is 0.315 e. The number of carbonyl (C=O) groups excluding carboxylic acids is 1. The Morgan fingerprint density at radius 3 is 2.96 bits per heavy atom. The molecule has 5 bridgehead atoms. The molecule has 5 heteroatoms. The topological polar surface area (TPSA) is 42.0 Å². The second-order valence-corrected chi connectivity index (χ2v) is 8.82. The van der Waals surface area contributed by atoms with Gasteiger partial charge in [-0.1, -0.05) is 29.8 Å². The Morgan fingerprint density at radius 1 is 1.37 bits per heavy atom. The van der Waals surface area contributed by atoms with E-state index in [0.29, 0.717) is 12.6 Å². The summed E-state index contributed by atoms with van der Waals surface area (Å²) in [4.78, 5) is 18.5. The minimum absolute atomic E-state index is 0.0902. The van der Waals surface area contributed by atoms with Gasteiger partial charge in [0, 0.05) is 31.7 Å². The van der Waals surface area contributed by atoms with Crippen molar-refractivity contribution >= 4 is 11.7 Å². The minimum atomic E-state index is -0.645. The van der Waals surface area contributed by atoms with Gasteiger partial charge in [0.15, 0.2) is 5.72 Å². The molecule has 0 spiro atoms. The average Bonchev–Trinajstić information content (AvgIpc) is 3.09. The number of likely N-dealkylation sites (N-methyl/N-ethyl adjacent to an activating group) is 1. The zero-order valence-corrected chi connectivity index (χ0v) is 16.2. The molecule has 1 saturated carbocycles. The second-order valence-electron chi connectivity index (χ2n) is 8.82. The van der Waals surface area contributed by atoms with E-state index in [4.69, 9.17) is 9.47 Å². The lowest BCUT2D eigenvalue weighted by Gasteiger charge is -2.66. The first-order chi connectivity index (χ1) is 13.1. The van der Waals surface area contributed by atoms with Gasteiger partial charge in [-0.25, -0.2) is 0 Å². The largest absolute Gasteiger partial charge is 0.468 e. The highest BCUT2D eigenvalue weighted by molar-refractivity contribution is 5.86. The van der Waals surface area contributed by atoms with Crippen molar-refractivity contribution in [3.05, 3.63) is 41.5 Å². The van der Waals surface area contributed by atoms with E-state index in [1.165, 1.54) is 23.9 Å². The Labute approximate surface area is 159 Å². The van der Waals surface area contributed by atoms with Gasteiger partial charge in [0.2, 0.25) is 0 Å². The highest BCUT2D eigenvalue weighted by Gasteiger charge is 2.86. The molecule has 4 aliphatic heterocycles. The van der Waals surface area contributed by atoms with E-state index in [-0.39, 0.29) is 17.3 Å². The van der Waals surface area contributed by atoms with Gasteiger partial charge in [0.05, 0.1) is 25.2 Å². The highest BCUT2D eigenvalue weighted by Crippen LogP contribution is 2.76. The summed E-state index contributed by atoms with van der Waals surface area (Å²) in [5, 5.41) is 0. The van der Waals surface area contributed by atoms with Crippen molar-refractivity contribution in [1.82, 2.24) is 4.90 Å². The molecule has 5 aliphatic rings. The number of hydrogen-bond acceptors (Lipinski definition) is 5. The van der Waals surface area contributed by atoms with Crippen LogP contribution in [0.3, 0.4) is 0 Å². The third kappa shape index (κ3) is 1.34. The number of esters is 1. The molecule has 0 aromatic heterocycles. The van der Waals surface area contributed by atoms with E-state index in [1.54, 1.807) is 0 Å². The molecule has 3 saturated heterocycles. The summed E-state index contributed by atoms with van der Waals surface area (Å²) in [6.07, 6.45) is 4.13. The van der Waals surface area contributed by atoms with Gasteiger partial charge in [-0.3, -0.25) is 9.69 Å². The molecule has 1 aliphatic carbocycles. The lowest BCUT2D eigenvalue weighted by Crippen LogP contribution is -2.80. The first-order valence-corrected chi connectivity index (χ1v) is 10.0. The summed E-state index contributed by atoms with van der Waals surface area (Å²) in [6.45, 7) is 4.50. The monoisotopic (exact) mass is 366 g/mol. The Bertz CT molecular complexity index is 897. The number of carbonyl (C=O) groups is 1. The number of ether oxygens (including phenoxy) is 2. The van der Waals surface area contributed by atoms with Gasteiger partial charge in [-0.2, -0.15) is 0 Å². The number of fused-ring (bicyclic) bond motifs is 3. The predicted octanol–water partition coefficient (Wildman–Crippen LogP) is 2.31. The number of piperidine rings is 2. The average molecular weight is 366 g/mol. The number of allylic oxidation sites excluding steroid dienone is 1.